The second-order valence-electron chi connectivity index (χ2n) is 4.32. The highest BCUT2D eigenvalue weighted by Gasteiger charge is 2.21. The van der Waals surface area contributed by atoms with E-state index in [1.165, 1.54) is 0 Å². The van der Waals surface area contributed by atoms with Gasteiger partial charge in [-0.3, -0.25) is 4.90 Å². The van der Waals surface area contributed by atoms with Gasteiger partial charge in [0.25, 0.3) is 0 Å². The van der Waals surface area contributed by atoms with Gasteiger partial charge in [0.1, 0.15) is 0 Å². The van der Waals surface area contributed by atoms with Crippen LogP contribution in [0.5, 0.6) is 0 Å². The summed E-state index contributed by atoms with van der Waals surface area (Å²) in [6.07, 6.45) is 0.789. The maximum Gasteiger partial charge on any atom is 0.0678 e. The molecule has 13 heavy (non-hydrogen) atoms. The van der Waals surface area contributed by atoms with Crippen molar-refractivity contribution in [1.82, 2.24) is 9.80 Å². The lowest BCUT2D eigenvalue weighted by molar-refractivity contribution is -0.0687. The minimum atomic E-state index is 0.394. The number of morpholine rings is 1. The average Bonchev–Trinajstić information content (AvgIpc) is 1.99. The molecule has 0 spiro atoms. The standard InChI is InChI=1S/C10H22N2O/c1-9-7-12(6-5-11(3)4)8-10(2)13-9/h9-10H,5-8H2,1-4H3. The Bertz CT molecular complexity index is 140. The predicted octanol–water partition coefficient (Wildman–Crippen LogP) is 0.657. The molecule has 3 heteroatoms. The number of likely N-dealkylation sites (N-methyl/N-ethyl adjacent to an activating group) is 1. The first-order chi connectivity index (χ1) is 6.08. The van der Waals surface area contributed by atoms with Crippen molar-refractivity contribution in [3.63, 3.8) is 0 Å². The van der Waals surface area contributed by atoms with Crippen molar-refractivity contribution < 1.29 is 4.74 Å². The summed E-state index contributed by atoms with van der Waals surface area (Å²) in [5.74, 6) is 0. The summed E-state index contributed by atoms with van der Waals surface area (Å²) in [5, 5.41) is 0. The Hall–Kier alpha value is -0.120. The van der Waals surface area contributed by atoms with E-state index in [1.807, 2.05) is 0 Å². The second kappa shape index (κ2) is 4.94. The van der Waals surface area contributed by atoms with Crippen LogP contribution in [0.15, 0.2) is 0 Å². The first-order valence-electron chi connectivity index (χ1n) is 5.10. The average molecular weight is 186 g/mol. The molecule has 0 saturated carbocycles. The molecule has 3 nitrogen and oxygen atoms in total. The van der Waals surface area contributed by atoms with E-state index in [4.69, 9.17) is 4.74 Å². The lowest BCUT2D eigenvalue weighted by Gasteiger charge is -2.35. The van der Waals surface area contributed by atoms with Gasteiger partial charge in [0.05, 0.1) is 12.2 Å². The smallest absolute Gasteiger partial charge is 0.0678 e. The molecule has 0 N–H and O–H groups in total. The summed E-state index contributed by atoms with van der Waals surface area (Å²) < 4.78 is 5.67. The van der Waals surface area contributed by atoms with Crippen LogP contribution in [-0.2, 0) is 4.74 Å². The maximum atomic E-state index is 5.67. The van der Waals surface area contributed by atoms with E-state index < -0.39 is 0 Å². The van der Waals surface area contributed by atoms with Gasteiger partial charge in [0.2, 0.25) is 0 Å². The van der Waals surface area contributed by atoms with E-state index in [-0.39, 0.29) is 0 Å². The summed E-state index contributed by atoms with van der Waals surface area (Å²) in [4.78, 5) is 4.71. The molecule has 2 atom stereocenters. The molecular formula is C10H22N2O. The van der Waals surface area contributed by atoms with E-state index in [0.29, 0.717) is 12.2 Å². The van der Waals surface area contributed by atoms with Gasteiger partial charge in [-0.15, -0.1) is 0 Å². The van der Waals surface area contributed by atoms with Crippen molar-refractivity contribution >= 4 is 0 Å². The molecule has 0 aromatic rings. The van der Waals surface area contributed by atoms with Gasteiger partial charge < -0.3 is 9.64 Å². The van der Waals surface area contributed by atoms with Gasteiger partial charge in [-0.05, 0) is 27.9 Å². The highest BCUT2D eigenvalue weighted by molar-refractivity contribution is 4.73. The summed E-state index contributed by atoms with van der Waals surface area (Å²) in [6.45, 7) is 8.76. The molecule has 1 fully saturated rings. The number of hydrogen-bond acceptors (Lipinski definition) is 3. The fraction of sp³-hybridized carbons (Fsp3) is 1.00. The highest BCUT2D eigenvalue weighted by atomic mass is 16.5. The molecule has 0 bridgehead atoms. The normalized spacial score (nSPS) is 31.2. The molecule has 0 radical (unpaired) electrons. The quantitative estimate of drug-likeness (QED) is 0.644. The maximum absolute atomic E-state index is 5.67. The van der Waals surface area contributed by atoms with Crippen molar-refractivity contribution in [2.45, 2.75) is 26.1 Å². The second-order valence-corrected chi connectivity index (χ2v) is 4.32. The molecular weight excluding hydrogens is 164 g/mol. The van der Waals surface area contributed by atoms with Crippen LogP contribution in [0, 0.1) is 0 Å². The van der Waals surface area contributed by atoms with Crippen LogP contribution in [0.2, 0.25) is 0 Å². The van der Waals surface area contributed by atoms with E-state index in [0.717, 1.165) is 26.2 Å². The Morgan fingerprint density at radius 2 is 1.77 bits per heavy atom. The van der Waals surface area contributed by atoms with Crippen LogP contribution in [0.3, 0.4) is 0 Å². The monoisotopic (exact) mass is 186 g/mol. The van der Waals surface area contributed by atoms with Crippen LogP contribution < -0.4 is 0 Å². The van der Waals surface area contributed by atoms with Gasteiger partial charge in [-0.2, -0.15) is 0 Å². The third-order valence-electron chi connectivity index (χ3n) is 2.36. The van der Waals surface area contributed by atoms with Crippen molar-refractivity contribution in [2.24, 2.45) is 0 Å². The third kappa shape index (κ3) is 4.07. The fourth-order valence-electron chi connectivity index (χ4n) is 1.81. The van der Waals surface area contributed by atoms with E-state index >= 15 is 0 Å². The summed E-state index contributed by atoms with van der Waals surface area (Å²) in [7, 11) is 4.24. The number of nitrogens with zero attached hydrogens (tertiary/aromatic N) is 2. The van der Waals surface area contributed by atoms with Crippen LogP contribution in [-0.4, -0.2) is 62.3 Å². The molecule has 0 amide bonds. The first kappa shape index (κ1) is 11.0. The van der Waals surface area contributed by atoms with Crippen molar-refractivity contribution in [3.05, 3.63) is 0 Å². The van der Waals surface area contributed by atoms with Gasteiger partial charge in [-0.1, -0.05) is 0 Å². The van der Waals surface area contributed by atoms with E-state index in [2.05, 4.69) is 37.7 Å². The Labute approximate surface area is 81.7 Å². The number of hydrogen-bond donors (Lipinski definition) is 0. The minimum absolute atomic E-state index is 0.394. The summed E-state index contributed by atoms with van der Waals surface area (Å²) in [6, 6.07) is 0. The minimum Gasteiger partial charge on any atom is -0.373 e. The molecule has 1 aliphatic rings. The van der Waals surface area contributed by atoms with Crippen molar-refractivity contribution in [1.29, 1.82) is 0 Å². The molecule has 78 valence electrons. The molecule has 1 heterocycles. The van der Waals surface area contributed by atoms with E-state index in [9.17, 15) is 0 Å². The van der Waals surface area contributed by atoms with E-state index in [1.54, 1.807) is 0 Å². The zero-order valence-electron chi connectivity index (χ0n) is 9.29. The Balaban J connectivity index is 2.25. The molecule has 0 aromatic carbocycles. The highest BCUT2D eigenvalue weighted by Crippen LogP contribution is 2.09. The van der Waals surface area contributed by atoms with Gasteiger partial charge in [0.15, 0.2) is 0 Å². The summed E-state index contributed by atoms with van der Waals surface area (Å²) >= 11 is 0. The van der Waals surface area contributed by atoms with Crippen molar-refractivity contribution in [3.8, 4) is 0 Å². The SMILES string of the molecule is CC1CN(CCN(C)C)CC(C)O1. The Kier molecular flexibility index (Phi) is 4.16. The fourth-order valence-corrected chi connectivity index (χ4v) is 1.81. The zero-order valence-corrected chi connectivity index (χ0v) is 9.29. The first-order valence-corrected chi connectivity index (χ1v) is 5.10. The predicted molar refractivity (Wildman–Crippen MR) is 55.0 cm³/mol. The Morgan fingerprint density at radius 3 is 2.23 bits per heavy atom. The lowest BCUT2D eigenvalue weighted by Crippen LogP contribution is -2.47. The van der Waals surface area contributed by atoms with Gasteiger partial charge in [0, 0.05) is 26.2 Å². The topological polar surface area (TPSA) is 15.7 Å². The molecule has 0 aromatic heterocycles. The summed E-state index contributed by atoms with van der Waals surface area (Å²) in [5.41, 5.74) is 0. The largest absolute Gasteiger partial charge is 0.373 e. The Morgan fingerprint density at radius 1 is 1.23 bits per heavy atom. The zero-order chi connectivity index (χ0) is 9.84. The number of ether oxygens (including phenoxy) is 1. The molecule has 1 rings (SSSR count). The molecule has 2 unspecified atom stereocenters. The number of rotatable bonds is 3. The van der Waals surface area contributed by atoms with Gasteiger partial charge in [-0.25, -0.2) is 0 Å². The molecule has 1 aliphatic heterocycles. The molecule has 1 saturated heterocycles. The van der Waals surface area contributed by atoms with Crippen LogP contribution in [0.25, 0.3) is 0 Å². The third-order valence-corrected chi connectivity index (χ3v) is 2.36. The molecule has 0 aliphatic carbocycles. The van der Waals surface area contributed by atoms with Crippen molar-refractivity contribution in [2.75, 3.05) is 40.3 Å². The van der Waals surface area contributed by atoms with Crippen LogP contribution in [0.1, 0.15) is 13.8 Å². The lowest BCUT2D eigenvalue weighted by atomic mass is 10.2. The van der Waals surface area contributed by atoms with Crippen LogP contribution >= 0.6 is 0 Å². The van der Waals surface area contributed by atoms with Crippen LogP contribution in [0.4, 0.5) is 0 Å². The van der Waals surface area contributed by atoms with Gasteiger partial charge >= 0.3 is 0 Å².